The van der Waals surface area contributed by atoms with Crippen molar-refractivity contribution in [2.45, 2.75) is 22.7 Å². The fraction of sp³-hybridized carbons (Fsp3) is 0.174. The van der Waals surface area contributed by atoms with Gasteiger partial charge in [-0.1, -0.05) is 65.9 Å². The van der Waals surface area contributed by atoms with Crippen molar-refractivity contribution in [3.63, 3.8) is 0 Å². The Balaban J connectivity index is 1.34. The molecule has 0 bridgehead atoms. The van der Waals surface area contributed by atoms with Gasteiger partial charge in [0.15, 0.2) is 5.16 Å². The van der Waals surface area contributed by atoms with E-state index in [1.165, 1.54) is 22.2 Å². The molecule has 152 valence electrons. The minimum Gasteiger partial charge on any atom is -0.325 e. The molecular weight excluding hydrogens is 412 g/mol. The van der Waals surface area contributed by atoms with Gasteiger partial charge in [0.05, 0.1) is 11.5 Å². The first kappa shape index (κ1) is 20.5. The number of carbonyl (C=O) groups excluding carboxylic acids is 1. The van der Waals surface area contributed by atoms with Crippen molar-refractivity contribution in [1.82, 2.24) is 14.8 Å². The van der Waals surface area contributed by atoms with Crippen molar-refractivity contribution < 1.29 is 4.79 Å². The van der Waals surface area contributed by atoms with Crippen molar-refractivity contribution in [2.24, 2.45) is 7.05 Å². The first-order valence-electron chi connectivity index (χ1n) is 9.58. The molecule has 0 aliphatic rings. The Morgan fingerprint density at radius 3 is 2.57 bits per heavy atom. The number of amides is 1. The molecule has 0 saturated heterocycles. The monoisotopic (exact) mass is 434 g/mol. The minimum atomic E-state index is -0.0602. The van der Waals surface area contributed by atoms with Crippen molar-refractivity contribution in [1.29, 1.82) is 0 Å². The standard InChI is InChI=1S/C23H22N4OS2/c1-16-10-12-18(13-11-16)29-14-21-25-26-23(27(21)2)30-15-22(28)24-20-9-5-7-17-6-3-4-8-19(17)20/h3-13H,14-15H2,1-2H3,(H,24,28). The Bertz CT molecular complexity index is 1170. The third-order valence-corrected chi connectivity index (χ3v) is 6.74. The summed E-state index contributed by atoms with van der Waals surface area (Å²) < 4.78 is 1.96. The summed E-state index contributed by atoms with van der Waals surface area (Å²) in [6.45, 7) is 2.08. The van der Waals surface area contributed by atoms with Crippen LogP contribution in [0.5, 0.6) is 0 Å². The summed E-state index contributed by atoms with van der Waals surface area (Å²) in [6, 6.07) is 22.4. The van der Waals surface area contributed by atoms with E-state index in [0.717, 1.165) is 33.2 Å². The van der Waals surface area contributed by atoms with E-state index in [0.29, 0.717) is 0 Å². The summed E-state index contributed by atoms with van der Waals surface area (Å²) in [4.78, 5) is 13.7. The number of anilines is 1. The van der Waals surface area contributed by atoms with Gasteiger partial charge in [-0.25, -0.2) is 0 Å². The average molecular weight is 435 g/mol. The van der Waals surface area contributed by atoms with Crippen LogP contribution in [0.1, 0.15) is 11.4 Å². The molecule has 1 N–H and O–H groups in total. The molecule has 4 aromatic rings. The van der Waals surface area contributed by atoms with E-state index in [9.17, 15) is 4.79 Å². The van der Waals surface area contributed by atoms with E-state index in [1.807, 2.05) is 54.1 Å². The van der Waals surface area contributed by atoms with E-state index >= 15 is 0 Å². The van der Waals surface area contributed by atoms with Gasteiger partial charge >= 0.3 is 0 Å². The lowest BCUT2D eigenvalue weighted by Gasteiger charge is -2.08. The van der Waals surface area contributed by atoms with E-state index in [-0.39, 0.29) is 11.7 Å². The maximum atomic E-state index is 12.5. The normalized spacial score (nSPS) is 11.0. The van der Waals surface area contributed by atoms with E-state index in [4.69, 9.17) is 0 Å². The molecule has 0 fully saturated rings. The van der Waals surface area contributed by atoms with Gasteiger partial charge in [0, 0.05) is 23.0 Å². The highest BCUT2D eigenvalue weighted by Crippen LogP contribution is 2.25. The predicted molar refractivity (Wildman–Crippen MR) is 125 cm³/mol. The summed E-state index contributed by atoms with van der Waals surface area (Å²) in [5.41, 5.74) is 2.07. The smallest absolute Gasteiger partial charge is 0.234 e. The molecule has 0 radical (unpaired) electrons. The van der Waals surface area contributed by atoms with Crippen molar-refractivity contribution in [2.75, 3.05) is 11.1 Å². The summed E-state index contributed by atoms with van der Waals surface area (Å²) in [5, 5.41) is 14.4. The maximum Gasteiger partial charge on any atom is 0.234 e. The first-order chi connectivity index (χ1) is 14.6. The topological polar surface area (TPSA) is 59.8 Å². The van der Waals surface area contributed by atoms with Crippen LogP contribution in [-0.4, -0.2) is 26.4 Å². The molecule has 5 nitrogen and oxygen atoms in total. The van der Waals surface area contributed by atoms with Gasteiger partial charge < -0.3 is 9.88 Å². The lowest BCUT2D eigenvalue weighted by atomic mass is 10.1. The highest BCUT2D eigenvalue weighted by Gasteiger charge is 2.12. The molecule has 0 saturated carbocycles. The Labute approximate surface area is 184 Å². The van der Waals surface area contributed by atoms with Gasteiger partial charge in [-0.2, -0.15) is 0 Å². The molecule has 1 amide bonds. The molecule has 0 unspecified atom stereocenters. The van der Waals surface area contributed by atoms with E-state index < -0.39 is 0 Å². The first-order valence-corrected chi connectivity index (χ1v) is 11.6. The fourth-order valence-corrected chi connectivity index (χ4v) is 4.64. The molecule has 0 spiro atoms. The van der Waals surface area contributed by atoms with Crippen molar-refractivity contribution in [3.8, 4) is 0 Å². The van der Waals surface area contributed by atoms with Crippen LogP contribution < -0.4 is 5.32 Å². The van der Waals surface area contributed by atoms with Crippen molar-refractivity contribution >= 4 is 45.9 Å². The zero-order valence-electron chi connectivity index (χ0n) is 16.8. The Kier molecular flexibility index (Phi) is 6.40. The van der Waals surface area contributed by atoms with Gasteiger partial charge in [-0.05, 0) is 30.5 Å². The molecule has 1 heterocycles. The van der Waals surface area contributed by atoms with Gasteiger partial charge in [-0.3, -0.25) is 4.79 Å². The molecular formula is C23H22N4OS2. The highest BCUT2D eigenvalue weighted by atomic mass is 32.2. The molecule has 0 aliphatic heterocycles. The second-order valence-electron chi connectivity index (χ2n) is 6.92. The second-order valence-corrected chi connectivity index (χ2v) is 8.91. The summed E-state index contributed by atoms with van der Waals surface area (Å²) in [7, 11) is 1.94. The molecule has 0 aliphatic carbocycles. The molecule has 4 rings (SSSR count). The largest absolute Gasteiger partial charge is 0.325 e. The number of aromatic nitrogens is 3. The number of nitrogens with zero attached hydrogens (tertiary/aromatic N) is 3. The SMILES string of the molecule is Cc1ccc(SCc2nnc(SCC(=O)Nc3cccc4ccccc34)n2C)cc1. The second kappa shape index (κ2) is 9.36. The van der Waals surface area contributed by atoms with E-state index in [2.05, 4.69) is 46.7 Å². The van der Waals surface area contributed by atoms with E-state index in [1.54, 1.807) is 11.8 Å². The quantitative estimate of drug-likeness (QED) is 0.400. The van der Waals surface area contributed by atoms with Gasteiger partial charge in [0.2, 0.25) is 5.91 Å². The number of hydrogen-bond donors (Lipinski definition) is 1. The zero-order chi connectivity index (χ0) is 20.9. The van der Waals surface area contributed by atoms with Crippen LogP contribution in [0.25, 0.3) is 10.8 Å². The lowest BCUT2D eigenvalue weighted by Crippen LogP contribution is -2.14. The van der Waals surface area contributed by atoms with Crippen LogP contribution >= 0.6 is 23.5 Å². The molecule has 3 aromatic carbocycles. The van der Waals surface area contributed by atoms with Crippen LogP contribution in [0.3, 0.4) is 0 Å². The van der Waals surface area contributed by atoms with Crippen LogP contribution in [0, 0.1) is 6.92 Å². The van der Waals surface area contributed by atoms with Gasteiger partial charge in [-0.15, -0.1) is 22.0 Å². The van der Waals surface area contributed by atoms with Crippen LogP contribution in [0.2, 0.25) is 0 Å². The van der Waals surface area contributed by atoms with Crippen molar-refractivity contribution in [3.05, 3.63) is 78.1 Å². The lowest BCUT2D eigenvalue weighted by molar-refractivity contribution is -0.113. The Morgan fingerprint density at radius 1 is 0.967 bits per heavy atom. The number of hydrogen-bond acceptors (Lipinski definition) is 5. The van der Waals surface area contributed by atoms with Crippen LogP contribution in [-0.2, 0) is 17.6 Å². The molecule has 30 heavy (non-hydrogen) atoms. The number of nitrogens with one attached hydrogen (secondary N) is 1. The number of benzene rings is 3. The fourth-order valence-electron chi connectivity index (χ4n) is 3.03. The Hall–Kier alpha value is -2.77. The average Bonchev–Trinajstić information content (AvgIpc) is 3.11. The maximum absolute atomic E-state index is 12.5. The third kappa shape index (κ3) is 4.86. The summed E-state index contributed by atoms with van der Waals surface area (Å²) in [5.74, 6) is 1.84. The number of aryl methyl sites for hydroxylation is 1. The molecule has 7 heteroatoms. The number of carbonyl (C=O) groups is 1. The molecule has 0 atom stereocenters. The zero-order valence-corrected chi connectivity index (χ0v) is 18.5. The summed E-state index contributed by atoms with van der Waals surface area (Å²) in [6.07, 6.45) is 0. The number of fused-ring (bicyclic) bond motifs is 1. The summed E-state index contributed by atoms with van der Waals surface area (Å²) >= 11 is 3.12. The predicted octanol–water partition coefficient (Wildman–Crippen LogP) is 5.30. The van der Waals surface area contributed by atoms with Crippen LogP contribution in [0.4, 0.5) is 5.69 Å². The third-order valence-electron chi connectivity index (χ3n) is 4.71. The minimum absolute atomic E-state index is 0.0602. The Morgan fingerprint density at radius 2 is 1.73 bits per heavy atom. The van der Waals surface area contributed by atoms with Crippen LogP contribution in [0.15, 0.2) is 76.8 Å². The number of thioether (sulfide) groups is 2. The number of rotatable bonds is 7. The van der Waals surface area contributed by atoms with Gasteiger partial charge in [0.1, 0.15) is 5.82 Å². The van der Waals surface area contributed by atoms with Gasteiger partial charge in [0.25, 0.3) is 0 Å². The molecule has 1 aromatic heterocycles. The highest BCUT2D eigenvalue weighted by molar-refractivity contribution is 7.99.